The Morgan fingerprint density at radius 2 is 2.26 bits per heavy atom. The van der Waals surface area contributed by atoms with E-state index in [0.717, 1.165) is 34.6 Å². The van der Waals surface area contributed by atoms with Crippen molar-refractivity contribution in [2.75, 3.05) is 6.61 Å². The van der Waals surface area contributed by atoms with Crippen molar-refractivity contribution in [3.8, 4) is 5.75 Å². The predicted octanol–water partition coefficient (Wildman–Crippen LogP) is 3.98. The van der Waals surface area contributed by atoms with Gasteiger partial charge in [0.1, 0.15) is 11.9 Å². The number of benzene rings is 1. The number of ether oxygens (including phenoxy) is 1. The summed E-state index contributed by atoms with van der Waals surface area (Å²) >= 11 is 7.77. The molecule has 0 bridgehead atoms. The highest BCUT2D eigenvalue weighted by molar-refractivity contribution is 7.12. The van der Waals surface area contributed by atoms with Gasteiger partial charge in [-0.05, 0) is 36.2 Å². The highest BCUT2D eigenvalue weighted by Gasteiger charge is 2.24. The Labute approximate surface area is 121 Å². The molecule has 100 valence electrons. The van der Waals surface area contributed by atoms with Crippen LogP contribution in [0.15, 0.2) is 24.3 Å². The van der Waals surface area contributed by atoms with Crippen LogP contribution in [0.1, 0.15) is 33.9 Å². The smallest absolute Gasteiger partial charge is 0.128 e. The molecule has 0 aliphatic carbocycles. The van der Waals surface area contributed by atoms with Crippen LogP contribution in [0.4, 0.5) is 0 Å². The summed E-state index contributed by atoms with van der Waals surface area (Å²) in [4.78, 5) is 2.21. The third-order valence-electron chi connectivity index (χ3n) is 3.37. The summed E-state index contributed by atoms with van der Waals surface area (Å²) in [6.07, 6.45) is 1.19. The standard InChI is InChI=1S/C15H15ClO2S/c1-2-11-3-4-13(19-11)14(17)12-8-10(16)7-9-5-6-18-15(9)12/h3-4,7-8,14,17H,2,5-6H2,1H3. The molecular weight excluding hydrogens is 280 g/mol. The fourth-order valence-corrected chi connectivity index (χ4v) is 3.59. The van der Waals surface area contributed by atoms with Gasteiger partial charge in [-0.2, -0.15) is 0 Å². The Hall–Kier alpha value is -1.03. The van der Waals surface area contributed by atoms with Crippen LogP contribution in [-0.2, 0) is 12.8 Å². The quantitative estimate of drug-likeness (QED) is 0.928. The summed E-state index contributed by atoms with van der Waals surface area (Å²) in [7, 11) is 0. The van der Waals surface area contributed by atoms with Crippen LogP contribution in [-0.4, -0.2) is 11.7 Å². The van der Waals surface area contributed by atoms with Crippen molar-refractivity contribution < 1.29 is 9.84 Å². The van der Waals surface area contributed by atoms with Crippen molar-refractivity contribution in [2.45, 2.75) is 25.9 Å². The third kappa shape index (κ3) is 2.38. The Morgan fingerprint density at radius 1 is 1.42 bits per heavy atom. The summed E-state index contributed by atoms with van der Waals surface area (Å²) in [5.74, 6) is 0.809. The van der Waals surface area contributed by atoms with Gasteiger partial charge in [0.25, 0.3) is 0 Å². The van der Waals surface area contributed by atoms with Gasteiger partial charge in [0, 0.05) is 26.8 Å². The van der Waals surface area contributed by atoms with Gasteiger partial charge in [0.2, 0.25) is 0 Å². The topological polar surface area (TPSA) is 29.5 Å². The maximum atomic E-state index is 10.6. The molecule has 0 spiro atoms. The molecule has 2 heterocycles. The summed E-state index contributed by atoms with van der Waals surface area (Å²) < 4.78 is 5.65. The fourth-order valence-electron chi connectivity index (χ4n) is 2.39. The molecule has 1 N–H and O–H groups in total. The van der Waals surface area contributed by atoms with E-state index in [0.29, 0.717) is 11.6 Å². The van der Waals surface area contributed by atoms with Crippen molar-refractivity contribution in [3.63, 3.8) is 0 Å². The van der Waals surface area contributed by atoms with Gasteiger partial charge in [0.05, 0.1) is 6.61 Å². The number of aliphatic hydroxyl groups excluding tert-OH is 1. The first-order valence-electron chi connectivity index (χ1n) is 6.41. The first-order valence-corrected chi connectivity index (χ1v) is 7.60. The van der Waals surface area contributed by atoms with Crippen LogP contribution in [0, 0.1) is 0 Å². The minimum Gasteiger partial charge on any atom is -0.493 e. The summed E-state index contributed by atoms with van der Waals surface area (Å²) in [5, 5.41) is 11.2. The molecule has 1 atom stereocenters. The van der Waals surface area contributed by atoms with Crippen LogP contribution in [0.25, 0.3) is 0 Å². The van der Waals surface area contributed by atoms with E-state index >= 15 is 0 Å². The van der Waals surface area contributed by atoms with Crippen LogP contribution in [0.5, 0.6) is 5.75 Å². The minimum atomic E-state index is -0.657. The van der Waals surface area contributed by atoms with Gasteiger partial charge in [-0.1, -0.05) is 18.5 Å². The second kappa shape index (κ2) is 5.16. The molecule has 0 radical (unpaired) electrons. The van der Waals surface area contributed by atoms with E-state index in [-0.39, 0.29) is 0 Å². The molecular formula is C15H15ClO2S. The Balaban J connectivity index is 2.02. The number of aliphatic hydroxyl groups is 1. The van der Waals surface area contributed by atoms with Gasteiger partial charge in [0.15, 0.2) is 0 Å². The van der Waals surface area contributed by atoms with Crippen LogP contribution >= 0.6 is 22.9 Å². The molecule has 1 aliphatic heterocycles. The van der Waals surface area contributed by atoms with E-state index in [1.54, 1.807) is 11.3 Å². The number of fused-ring (bicyclic) bond motifs is 1. The van der Waals surface area contributed by atoms with Gasteiger partial charge in [-0.3, -0.25) is 0 Å². The van der Waals surface area contributed by atoms with E-state index in [9.17, 15) is 5.11 Å². The van der Waals surface area contributed by atoms with Crippen molar-refractivity contribution in [3.05, 3.63) is 50.2 Å². The number of halogens is 1. The summed E-state index contributed by atoms with van der Waals surface area (Å²) in [6, 6.07) is 7.78. The van der Waals surface area contributed by atoms with Crippen molar-refractivity contribution in [1.29, 1.82) is 0 Å². The van der Waals surface area contributed by atoms with Crippen LogP contribution in [0.2, 0.25) is 5.02 Å². The molecule has 3 rings (SSSR count). The van der Waals surface area contributed by atoms with E-state index in [4.69, 9.17) is 16.3 Å². The van der Waals surface area contributed by atoms with Crippen LogP contribution in [0.3, 0.4) is 0 Å². The molecule has 0 saturated carbocycles. The van der Waals surface area contributed by atoms with E-state index < -0.39 is 6.10 Å². The largest absolute Gasteiger partial charge is 0.493 e. The normalized spacial score (nSPS) is 15.1. The zero-order valence-electron chi connectivity index (χ0n) is 10.6. The molecule has 1 aliphatic rings. The average Bonchev–Trinajstić information content (AvgIpc) is 3.04. The first kappa shape index (κ1) is 13.0. The number of thiophene rings is 1. The maximum Gasteiger partial charge on any atom is 0.128 e. The Bertz CT molecular complexity index is 606. The van der Waals surface area contributed by atoms with Crippen LogP contribution < -0.4 is 4.74 Å². The van der Waals surface area contributed by atoms with Crippen molar-refractivity contribution in [2.24, 2.45) is 0 Å². The Kier molecular flexibility index (Phi) is 3.52. The lowest BCUT2D eigenvalue weighted by molar-refractivity contribution is 0.217. The minimum absolute atomic E-state index is 0.657. The van der Waals surface area contributed by atoms with Gasteiger partial charge < -0.3 is 9.84 Å². The number of aryl methyl sites for hydroxylation is 1. The highest BCUT2D eigenvalue weighted by atomic mass is 35.5. The number of hydrogen-bond donors (Lipinski definition) is 1. The summed E-state index contributed by atoms with van der Waals surface area (Å²) in [6.45, 7) is 2.78. The average molecular weight is 295 g/mol. The van der Waals surface area contributed by atoms with E-state index in [1.807, 2.05) is 18.2 Å². The molecule has 0 amide bonds. The van der Waals surface area contributed by atoms with Gasteiger partial charge >= 0.3 is 0 Å². The molecule has 2 nitrogen and oxygen atoms in total. The fraction of sp³-hybridized carbons (Fsp3) is 0.333. The number of rotatable bonds is 3. The lowest BCUT2D eigenvalue weighted by Gasteiger charge is -2.14. The lowest BCUT2D eigenvalue weighted by atomic mass is 10.0. The van der Waals surface area contributed by atoms with Gasteiger partial charge in [-0.25, -0.2) is 0 Å². The second-order valence-corrected chi connectivity index (χ2v) is 6.28. The molecule has 0 saturated heterocycles. The molecule has 1 aromatic heterocycles. The van der Waals surface area contributed by atoms with Gasteiger partial charge in [-0.15, -0.1) is 11.3 Å². The van der Waals surface area contributed by atoms with E-state index in [2.05, 4.69) is 13.0 Å². The maximum absolute atomic E-state index is 10.6. The molecule has 2 aromatic rings. The Morgan fingerprint density at radius 3 is 3.00 bits per heavy atom. The zero-order valence-corrected chi connectivity index (χ0v) is 12.2. The number of hydrogen-bond acceptors (Lipinski definition) is 3. The third-order valence-corrected chi connectivity index (χ3v) is 4.87. The molecule has 19 heavy (non-hydrogen) atoms. The zero-order chi connectivity index (χ0) is 13.4. The van der Waals surface area contributed by atoms with Crippen molar-refractivity contribution >= 4 is 22.9 Å². The molecule has 1 unspecified atom stereocenters. The SMILES string of the molecule is CCc1ccc(C(O)c2cc(Cl)cc3c2OCC3)s1. The molecule has 0 fully saturated rings. The lowest BCUT2D eigenvalue weighted by Crippen LogP contribution is -2.00. The molecule has 4 heteroatoms. The first-order chi connectivity index (χ1) is 9.19. The highest BCUT2D eigenvalue weighted by Crippen LogP contribution is 2.40. The predicted molar refractivity (Wildman–Crippen MR) is 78.4 cm³/mol. The second-order valence-electron chi connectivity index (χ2n) is 4.64. The summed E-state index contributed by atoms with van der Waals surface area (Å²) in [5.41, 5.74) is 1.87. The van der Waals surface area contributed by atoms with Crippen molar-refractivity contribution in [1.82, 2.24) is 0 Å². The van der Waals surface area contributed by atoms with E-state index in [1.165, 1.54) is 4.88 Å². The molecule has 1 aromatic carbocycles. The monoisotopic (exact) mass is 294 g/mol.